The molecule has 2 rings (SSSR count). The number of urea groups is 1. The third-order valence-electron chi connectivity index (χ3n) is 3.39. The molecule has 0 saturated carbocycles. The first-order chi connectivity index (χ1) is 11.0. The molecule has 1 N–H and O–H groups in total. The third-order valence-corrected chi connectivity index (χ3v) is 3.64. The number of aryl methyl sites for hydroxylation is 1. The number of hydrogen-bond donors (Lipinski definition) is 1. The van der Waals surface area contributed by atoms with Crippen LogP contribution >= 0.6 is 11.6 Å². The predicted octanol–water partition coefficient (Wildman–Crippen LogP) is 4.25. The minimum Gasteiger partial charge on any atom is -0.331 e. The van der Waals surface area contributed by atoms with Crippen molar-refractivity contribution in [3.8, 4) is 0 Å². The second-order valence-corrected chi connectivity index (χ2v) is 5.89. The fraction of sp³-hybridized carbons (Fsp3) is 0.222. The Kier molecular flexibility index (Phi) is 5.77. The van der Waals surface area contributed by atoms with Gasteiger partial charge < -0.3 is 10.2 Å². The topological polar surface area (TPSA) is 49.4 Å². The number of amides is 2. The van der Waals surface area contributed by atoms with Crippen LogP contribution in [0.1, 0.15) is 22.3 Å². The third kappa shape index (κ3) is 5.11. The van der Waals surface area contributed by atoms with E-state index < -0.39 is 0 Å². The Balaban J connectivity index is 1.96. The van der Waals surface area contributed by atoms with Crippen molar-refractivity contribution in [1.82, 2.24) is 4.90 Å². The van der Waals surface area contributed by atoms with Crippen LogP contribution in [-0.4, -0.2) is 30.8 Å². The summed E-state index contributed by atoms with van der Waals surface area (Å²) in [5, 5.41) is 3.41. The van der Waals surface area contributed by atoms with E-state index in [1.165, 1.54) is 4.90 Å². The number of Topliss-reactive ketones (excluding diaryl/α,β-unsaturated/α-hetero) is 1. The zero-order chi connectivity index (χ0) is 16.8. The summed E-state index contributed by atoms with van der Waals surface area (Å²) >= 11 is 5.82. The van der Waals surface area contributed by atoms with Gasteiger partial charge in [-0.3, -0.25) is 4.79 Å². The summed E-state index contributed by atoms with van der Waals surface area (Å²) in [7, 11) is 3.37. The standard InChI is InChI=1S/C18H19ClN2O2/c1-21(2)18(23)20-16-5-3-4-13(12-16)6-11-17(22)14-7-9-15(19)10-8-14/h3-5,7-10,12H,6,11H2,1-2H3,(H,20,23). The quantitative estimate of drug-likeness (QED) is 0.833. The highest BCUT2D eigenvalue weighted by atomic mass is 35.5. The van der Waals surface area contributed by atoms with Gasteiger partial charge in [-0.2, -0.15) is 0 Å². The highest BCUT2D eigenvalue weighted by molar-refractivity contribution is 6.30. The summed E-state index contributed by atoms with van der Waals surface area (Å²) in [6, 6.07) is 14.2. The molecule has 120 valence electrons. The van der Waals surface area contributed by atoms with Crippen LogP contribution in [0.25, 0.3) is 0 Å². The van der Waals surface area contributed by atoms with Crippen molar-refractivity contribution in [2.24, 2.45) is 0 Å². The Morgan fingerprint density at radius 1 is 1.09 bits per heavy atom. The van der Waals surface area contributed by atoms with Crippen LogP contribution in [0.15, 0.2) is 48.5 Å². The highest BCUT2D eigenvalue weighted by Gasteiger charge is 2.08. The molecule has 0 aliphatic rings. The second kappa shape index (κ2) is 7.79. The molecule has 2 aromatic rings. The molecule has 0 fully saturated rings. The first kappa shape index (κ1) is 17.0. The second-order valence-electron chi connectivity index (χ2n) is 5.46. The van der Waals surface area contributed by atoms with E-state index in [0.29, 0.717) is 23.4 Å². The number of ketones is 1. The van der Waals surface area contributed by atoms with Crippen molar-refractivity contribution in [3.63, 3.8) is 0 Å². The number of carbonyl (C=O) groups excluding carboxylic acids is 2. The lowest BCUT2D eigenvalue weighted by Crippen LogP contribution is -2.27. The van der Waals surface area contributed by atoms with Gasteiger partial charge in [-0.25, -0.2) is 4.79 Å². The van der Waals surface area contributed by atoms with Crippen LogP contribution in [0.5, 0.6) is 0 Å². The Hall–Kier alpha value is -2.33. The Labute approximate surface area is 141 Å². The van der Waals surface area contributed by atoms with Crippen LogP contribution in [0.3, 0.4) is 0 Å². The minimum atomic E-state index is -0.181. The van der Waals surface area contributed by atoms with Crippen LogP contribution in [0.4, 0.5) is 10.5 Å². The van der Waals surface area contributed by atoms with Gasteiger partial charge in [0.15, 0.2) is 5.78 Å². The molecule has 0 aliphatic heterocycles. The lowest BCUT2D eigenvalue weighted by Gasteiger charge is -2.12. The molecular weight excluding hydrogens is 312 g/mol. The van der Waals surface area contributed by atoms with E-state index in [9.17, 15) is 9.59 Å². The van der Waals surface area contributed by atoms with Crippen molar-refractivity contribution >= 4 is 29.1 Å². The summed E-state index contributed by atoms with van der Waals surface area (Å²) in [4.78, 5) is 25.3. The molecule has 2 amide bonds. The summed E-state index contributed by atoms with van der Waals surface area (Å²) in [5.41, 5.74) is 2.38. The SMILES string of the molecule is CN(C)C(=O)Nc1cccc(CCC(=O)c2ccc(Cl)cc2)c1. The van der Waals surface area contributed by atoms with E-state index in [0.717, 1.165) is 11.3 Å². The number of anilines is 1. The molecular formula is C18H19ClN2O2. The summed E-state index contributed by atoms with van der Waals surface area (Å²) < 4.78 is 0. The number of halogens is 1. The van der Waals surface area contributed by atoms with Crippen LogP contribution < -0.4 is 5.32 Å². The van der Waals surface area contributed by atoms with E-state index in [2.05, 4.69) is 5.32 Å². The number of benzene rings is 2. The Morgan fingerprint density at radius 3 is 2.43 bits per heavy atom. The normalized spacial score (nSPS) is 10.2. The van der Waals surface area contributed by atoms with Gasteiger partial charge in [0.2, 0.25) is 0 Å². The van der Waals surface area contributed by atoms with Crippen molar-refractivity contribution in [1.29, 1.82) is 0 Å². The average Bonchev–Trinajstić information content (AvgIpc) is 2.53. The molecule has 0 saturated heterocycles. The van der Waals surface area contributed by atoms with Gasteiger partial charge >= 0.3 is 6.03 Å². The van der Waals surface area contributed by atoms with Crippen LogP contribution in [-0.2, 0) is 6.42 Å². The van der Waals surface area contributed by atoms with Crippen molar-refractivity contribution in [3.05, 3.63) is 64.7 Å². The monoisotopic (exact) mass is 330 g/mol. The highest BCUT2D eigenvalue weighted by Crippen LogP contribution is 2.15. The molecule has 0 bridgehead atoms. The number of nitrogens with zero attached hydrogens (tertiary/aromatic N) is 1. The van der Waals surface area contributed by atoms with E-state index in [1.807, 2.05) is 24.3 Å². The van der Waals surface area contributed by atoms with E-state index in [-0.39, 0.29) is 11.8 Å². The zero-order valence-corrected chi connectivity index (χ0v) is 13.9. The molecule has 0 heterocycles. The van der Waals surface area contributed by atoms with Crippen molar-refractivity contribution in [2.45, 2.75) is 12.8 Å². The summed E-state index contributed by atoms with van der Waals surface area (Å²) in [6.45, 7) is 0. The summed E-state index contributed by atoms with van der Waals surface area (Å²) in [6.07, 6.45) is 1.03. The molecule has 0 spiro atoms. The largest absolute Gasteiger partial charge is 0.331 e. The van der Waals surface area contributed by atoms with E-state index >= 15 is 0 Å². The first-order valence-electron chi connectivity index (χ1n) is 7.32. The minimum absolute atomic E-state index is 0.0735. The number of nitrogens with one attached hydrogen (secondary N) is 1. The Bertz CT molecular complexity index is 696. The number of rotatable bonds is 5. The molecule has 5 heteroatoms. The maximum absolute atomic E-state index is 12.2. The lowest BCUT2D eigenvalue weighted by atomic mass is 10.0. The van der Waals surface area contributed by atoms with Crippen LogP contribution in [0.2, 0.25) is 5.02 Å². The Morgan fingerprint density at radius 2 is 1.78 bits per heavy atom. The maximum atomic E-state index is 12.2. The fourth-order valence-corrected chi connectivity index (χ4v) is 2.20. The number of carbonyl (C=O) groups is 2. The van der Waals surface area contributed by atoms with Gasteiger partial charge in [-0.1, -0.05) is 23.7 Å². The zero-order valence-electron chi connectivity index (χ0n) is 13.2. The molecule has 0 unspecified atom stereocenters. The van der Waals surface area contributed by atoms with Crippen LogP contribution in [0, 0.1) is 0 Å². The molecule has 0 aliphatic carbocycles. The van der Waals surface area contributed by atoms with Gasteiger partial charge in [0.05, 0.1) is 0 Å². The van der Waals surface area contributed by atoms with Gasteiger partial charge in [-0.05, 0) is 48.4 Å². The summed E-state index contributed by atoms with van der Waals surface area (Å²) in [5.74, 6) is 0.0735. The molecule has 23 heavy (non-hydrogen) atoms. The molecule has 2 aromatic carbocycles. The fourth-order valence-electron chi connectivity index (χ4n) is 2.08. The van der Waals surface area contributed by atoms with Gasteiger partial charge in [0, 0.05) is 36.8 Å². The molecule has 4 nitrogen and oxygen atoms in total. The average molecular weight is 331 g/mol. The van der Waals surface area contributed by atoms with E-state index in [4.69, 9.17) is 11.6 Å². The van der Waals surface area contributed by atoms with Crippen molar-refractivity contribution in [2.75, 3.05) is 19.4 Å². The molecule has 0 atom stereocenters. The van der Waals surface area contributed by atoms with Gasteiger partial charge in [-0.15, -0.1) is 0 Å². The number of hydrogen-bond acceptors (Lipinski definition) is 2. The van der Waals surface area contributed by atoms with Gasteiger partial charge in [0.1, 0.15) is 0 Å². The maximum Gasteiger partial charge on any atom is 0.321 e. The molecule has 0 aromatic heterocycles. The van der Waals surface area contributed by atoms with Crippen molar-refractivity contribution < 1.29 is 9.59 Å². The first-order valence-corrected chi connectivity index (χ1v) is 7.69. The smallest absolute Gasteiger partial charge is 0.321 e. The van der Waals surface area contributed by atoms with Gasteiger partial charge in [0.25, 0.3) is 0 Å². The molecule has 0 radical (unpaired) electrons. The lowest BCUT2D eigenvalue weighted by molar-refractivity contribution is 0.0983. The predicted molar refractivity (Wildman–Crippen MR) is 93.3 cm³/mol. The van der Waals surface area contributed by atoms with E-state index in [1.54, 1.807) is 38.4 Å².